The summed E-state index contributed by atoms with van der Waals surface area (Å²) in [6.07, 6.45) is 2.21. The molecule has 1 aromatic carbocycles. The number of hydrogen-bond acceptors (Lipinski definition) is 4. The van der Waals surface area contributed by atoms with Crippen LogP contribution >= 0.6 is 0 Å². The first-order valence-corrected chi connectivity index (χ1v) is 7.89. The number of methoxy groups -OCH3 is 2. The molecular weight excluding hydrogens is 264 g/mol. The third-order valence-electron chi connectivity index (χ3n) is 3.76. The summed E-state index contributed by atoms with van der Waals surface area (Å²) < 4.78 is 10.6. The Morgan fingerprint density at radius 1 is 1.00 bits per heavy atom. The van der Waals surface area contributed by atoms with Gasteiger partial charge in [0, 0.05) is 0 Å². The zero-order valence-electron chi connectivity index (χ0n) is 13.9. The molecule has 0 heterocycles. The lowest BCUT2D eigenvalue weighted by Crippen LogP contribution is -2.27. The first-order valence-electron chi connectivity index (χ1n) is 7.89. The molecule has 0 bridgehead atoms. The van der Waals surface area contributed by atoms with Gasteiger partial charge in [-0.25, -0.2) is 0 Å². The lowest BCUT2D eigenvalue weighted by Gasteiger charge is -2.17. The maximum atomic E-state index is 5.32. The smallest absolute Gasteiger partial charge is 0.160 e. The van der Waals surface area contributed by atoms with E-state index in [0.717, 1.165) is 44.1 Å². The van der Waals surface area contributed by atoms with E-state index in [-0.39, 0.29) is 0 Å². The van der Waals surface area contributed by atoms with Crippen molar-refractivity contribution in [2.24, 2.45) is 0 Å². The summed E-state index contributed by atoms with van der Waals surface area (Å²) in [4.78, 5) is 2.45. The normalized spacial score (nSPS) is 10.9. The fourth-order valence-electron chi connectivity index (χ4n) is 2.36. The van der Waals surface area contributed by atoms with Crippen molar-refractivity contribution in [3.8, 4) is 11.5 Å². The standard InChI is InChI=1S/C17H30N2O2/c1-5-19(6-2)13-7-11-18-12-10-15-8-9-16(20-3)17(14-15)21-4/h8-9,14,18H,5-7,10-13H2,1-4H3. The first-order chi connectivity index (χ1) is 10.2. The minimum absolute atomic E-state index is 0.786. The average Bonchev–Trinajstić information content (AvgIpc) is 2.54. The first kappa shape index (κ1) is 17.8. The van der Waals surface area contributed by atoms with Crippen molar-refractivity contribution >= 4 is 0 Å². The van der Waals surface area contributed by atoms with Gasteiger partial charge in [0.25, 0.3) is 0 Å². The molecule has 1 rings (SSSR count). The van der Waals surface area contributed by atoms with Gasteiger partial charge in [-0.15, -0.1) is 0 Å². The van der Waals surface area contributed by atoms with Gasteiger partial charge in [0.05, 0.1) is 14.2 Å². The highest BCUT2D eigenvalue weighted by Crippen LogP contribution is 2.27. The molecule has 0 aliphatic rings. The minimum atomic E-state index is 0.786. The molecule has 120 valence electrons. The third kappa shape index (κ3) is 6.36. The van der Waals surface area contributed by atoms with E-state index >= 15 is 0 Å². The van der Waals surface area contributed by atoms with Crippen LogP contribution in [-0.2, 0) is 6.42 Å². The SMILES string of the molecule is CCN(CC)CCCNCCc1ccc(OC)c(OC)c1. The summed E-state index contributed by atoms with van der Waals surface area (Å²) >= 11 is 0. The second-order valence-corrected chi connectivity index (χ2v) is 5.07. The molecule has 1 aromatic rings. The molecule has 0 saturated heterocycles. The molecule has 0 atom stereocenters. The van der Waals surface area contributed by atoms with Crippen LogP contribution in [0, 0.1) is 0 Å². The highest BCUT2D eigenvalue weighted by molar-refractivity contribution is 5.42. The molecule has 0 fully saturated rings. The van der Waals surface area contributed by atoms with Crippen LogP contribution in [0.15, 0.2) is 18.2 Å². The van der Waals surface area contributed by atoms with Crippen molar-refractivity contribution in [3.05, 3.63) is 23.8 Å². The fourth-order valence-corrected chi connectivity index (χ4v) is 2.36. The molecule has 21 heavy (non-hydrogen) atoms. The number of nitrogens with one attached hydrogen (secondary N) is 1. The molecule has 0 unspecified atom stereocenters. The van der Waals surface area contributed by atoms with Gasteiger partial charge in [-0.05, 0) is 63.3 Å². The summed E-state index contributed by atoms with van der Waals surface area (Å²) in [6, 6.07) is 6.11. The monoisotopic (exact) mass is 294 g/mol. The quantitative estimate of drug-likeness (QED) is 0.636. The number of hydrogen-bond donors (Lipinski definition) is 1. The summed E-state index contributed by atoms with van der Waals surface area (Å²) in [5.74, 6) is 1.59. The van der Waals surface area contributed by atoms with Crippen LogP contribution in [0.4, 0.5) is 0 Å². The van der Waals surface area contributed by atoms with Gasteiger partial charge < -0.3 is 19.7 Å². The second-order valence-electron chi connectivity index (χ2n) is 5.07. The van der Waals surface area contributed by atoms with Crippen LogP contribution in [0.3, 0.4) is 0 Å². The zero-order chi connectivity index (χ0) is 15.5. The highest BCUT2D eigenvalue weighted by Gasteiger charge is 2.04. The largest absolute Gasteiger partial charge is 0.493 e. The predicted molar refractivity (Wildman–Crippen MR) is 88.5 cm³/mol. The van der Waals surface area contributed by atoms with Crippen molar-refractivity contribution in [1.29, 1.82) is 0 Å². The molecule has 0 aliphatic carbocycles. The molecule has 1 N–H and O–H groups in total. The van der Waals surface area contributed by atoms with E-state index in [1.54, 1.807) is 14.2 Å². The Hall–Kier alpha value is -1.26. The van der Waals surface area contributed by atoms with Gasteiger partial charge in [0.2, 0.25) is 0 Å². The summed E-state index contributed by atoms with van der Waals surface area (Å²) in [5, 5.41) is 3.50. The van der Waals surface area contributed by atoms with Crippen LogP contribution in [0.2, 0.25) is 0 Å². The van der Waals surface area contributed by atoms with Crippen LogP contribution in [0.5, 0.6) is 11.5 Å². The number of nitrogens with zero attached hydrogens (tertiary/aromatic N) is 1. The van der Waals surface area contributed by atoms with Gasteiger partial charge in [-0.1, -0.05) is 19.9 Å². The van der Waals surface area contributed by atoms with E-state index < -0.39 is 0 Å². The van der Waals surface area contributed by atoms with Gasteiger partial charge in [-0.3, -0.25) is 0 Å². The molecular formula is C17H30N2O2. The Balaban J connectivity index is 2.24. The summed E-state index contributed by atoms with van der Waals surface area (Å²) in [7, 11) is 3.34. The van der Waals surface area contributed by atoms with Crippen molar-refractivity contribution < 1.29 is 9.47 Å². The average molecular weight is 294 g/mol. The van der Waals surface area contributed by atoms with E-state index in [1.807, 2.05) is 6.07 Å². The van der Waals surface area contributed by atoms with Crippen LogP contribution in [0.1, 0.15) is 25.8 Å². The van der Waals surface area contributed by atoms with E-state index in [2.05, 4.69) is 36.2 Å². The van der Waals surface area contributed by atoms with Crippen LogP contribution < -0.4 is 14.8 Å². The molecule has 0 aliphatic heterocycles. The van der Waals surface area contributed by atoms with Gasteiger partial charge >= 0.3 is 0 Å². The van der Waals surface area contributed by atoms with Crippen molar-refractivity contribution in [2.45, 2.75) is 26.7 Å². The molecule has 0 amide bonds. The van der Waals surface area contributed by atoms with E-state index in [9.17, 15) is 0 Å². The topological polar surface area (TPSA) is 33.7 Å². The highest BCUT2D eigenvalue weighted by atomic mass is 16.5. The third-order valence-corrected chi connectivity index (χ3v) is 3.76. The molecule has 4 nitrogen and oxygen atoms in total. The van der Waals surface area contributed by atoms with Crippen molar-refractivity contribution in [3.63, 3.8) is 0 Å². The van der Waals surface area contributed by atoms with Gasteiger partial charge in [-0.2, -0.15) is 0 Å². The number of ether oxygens (including phenoxy) is 2. The van der Waals surface area contributed by atoms with Crippen molar-refractivity contribution in [1.82, 2.24) is 10.2 Å². The van der Waals surface area contributed by atoms with Crippen molar-refractivity contribution in [2.75, 3.05) is 46.9 Å². The Kier molecular flexibility index (Phi) is 8.87. The Bertz CT molecular complexity index is 392. The van der Waals surface area contributed by atoms with Gasteiger partial charge in [0.15, 0.2) is 11.5 Å². The minimum Gasteiger partial charge on any atom is -0.493 e. The molecule has 0 radical (unpaired) electrons. The maximum absolute atomic E-state index is 5.32. The Morgan fingerprint density at radius 3 is 2.33 bits per heavy atom. The lowest BCUT2D eigenvalue weighted by molar-refractivity contribution is 0.298. The van der Waals surface area contributed by atoms with E-state index in [4.69, 9.17) is 9.47 Å². The molecule has 0 saturated carbocycles. The number of rotatable bonds is 11. The fraction of sp³-hybridized carbons (Fsp3) is 0.647. The Labute approximate surface area is 129 Å². The van der Waals surface area contributed by atoms with E-state index in [1.165, 1.54) is 18.5 Å². The van der Waals surface area contributed by atoms with Crippen LogP contribution in [-0.4, -0.2) is 51.8 Å². The molecule has 0 spiro atoms. The molecule has 0 aromatic heterocycles. The van der Waals surface area contributed by atoms with Gasteiger partial charge in [0.1, 0.15) is 0 Å². The Morgan fingerprint density at radius 2 is 1.71 bits per heavy atom. The van der Waals surface area contributed by atoms with E-state index in [0.29, 0.717) is 0 Å². The summed E-state index contributed by atoms with van der Waals surface area (Å²) in [5.41, 5.74) is 1.27. The maximum Gasteiger partial charge on any atom is 0.160 e. The summed E-state index contributed by atoms with van der Waals surface area (Å²) in [6.45, 7) is 9.96. The second kappa shape index (κ2) is 10.5. The zero-order valence-corrected chi connectivity index (χ0v) is 13.9. The lowest BCUT2D eigenvalue weighted by atomic mass is 10.1. The number of benzene rings is 1. The predicted octanol–water partition coefficient (Wildman–Crippen LogP) is 2.57. The van der Waals surface area contributed by atoms with Crippen LogP contribution in [0.25, 0.3) is 0 Å². The molecule has 4 heteroatoms.